The van der Waals surface area contributed by atoms with Crippen molar-refractivity contribution in [3.63, 3.8) is 0 Å². The molecule has 2 aliphatic rings. The topological polar surface area (TPSA) is 67.9 Å². The molecule has 6 rings (SSSR count). The van der Waals surface area contributed by atoms with Crippen molar-refractivity contribution >= 4 is 23.2 Å². The highest BCUT2D eigenvalue weighted by atomic mass is 16.5. The van der Waals surface area contributed by atoms with Gasteiger partial charge in [0.2, 0.25) is 5.91 Å². The van der Waals surface area contributed by atoms with Crippen LogP contribution in [0.1, 0.15) is 57.4 Å². The van der Waals surface area contributed by atoms with Gasteiger partial charge >= 0.3 is 0 Å². The minimum Gasteiger partial charge on any atom is -0.497 e. The summed E-state index contributed by atoms with van der Waals surface area (Å²) in [6.45, 7) is 0. The second-order valence-electron chi connectivity index (χ2n) is 10.3. The van der Waals surface area contributed by atoms with E-state index >= 15 is 0 Å². The monoisotopic (exact) mass is 532 g/mol. The average molecular weight is 533 g/mol. The number of anilines is 2. The highest BCUT2D eigenvalue weighted by molar-refractivity contribution is 6.12. The minimum atomic E-state index is -0.649. The van der Waals surface area contributed by atoms with E-state index in [4.69, 9.17) is 9.47 Å². The lowest BCUT2D eigenvalue weighted by atomic mass is 9.78. The van der Waals surface area contributed by atoms with Gasteiger partial charge in [-0.1, -0.05) is 42.5 Å². The number of nitrogens with zero attached hydrogens (tertiary/aromatic N) is 1. The van der Waals surface area contributed by atoms with Gasteiger partial charge in [-0.05, 0) is 96.5 Å². The number of benzene rings is 4. The zero-order valence-electron chi connectivity index (χ0n) is 22.7. The molecule has 0 aromatic heterocycles. The number of hydrogen-bond acceptors (Lipinski definition) is 4. The molecule has 202 valence electrons. The molecule has 4 aromatic carbocycles. The van der Waals surface area contributed by atoms with Crippen molar-refractivity contribution in [3.05, 3.63) is 119 Å². The van der Waals surface area contributed by atoms with Gasteiger partial charge in [0, 0.05) is 16.9 Å². The lowest BCUT2D eigenvalue weighted by Crippen LogP contribution is -2.46. The van der Waals surface area contributed by atoms with E-state index in [2.05, 4.69) is 11.4 Å². The summed E-state index contributed by atoms with van der Waals surface area (Å²) in [5, 5.41) is 3.29. The maximum absolute atomic E-state index is 14.4. The van der Waals surface area contributed by atoms with Gasteiger partial charge in [0.05, 0.1) is 26.2 Å². The molecule has 2 amide bonds. The summed E-state index contributed by atoms with van der Waals surface area (Å²) in [6.07, 6.45) is 4.25. The smallest absolute Gasteiger partial charge is 0.259 e. The molecule has 2 atom stereocenters. The van der Waals surface area contributed by atoms with Crippen molar-refractivity contribution in [2.45, 2.75) is 37.6 Å². The summed E-state index contributed by atoms with van der Waals surface area (Å²) in [6, 6.07) is 28.0. The van der Waals surface area contributed by atoms with E-state index in [1.165, 1.54) is 17.5 Å². The van der Waals surface area contributed by atoms with Crippen LogP contribution in [0.15, 0.2) is 91.0 Å². The van der Waals surface area contributed by atoms with Gasteiger partial charge in [-0.2, -0.15) is 0 Å². The molecule has 0 fully saturated rings. The van der Waals surface area contributed by atoms with Crippen LogP contribution in [0.3, 0.4) is 0 Å². The maximum Gasteiger partial charge on any atom is 0.259 e. The first-order valence-corrected chi connectivity index (χ1v) is 13.7. The first-order chi connectivity index (χ1) is 19.6. The first kappa shape index (κ1) is 25.7. The Morgan fingerprint density at radius 1 is 0.800 bits per heavy atom. The number of aryl methyl sites for hydroxylation is 1. The van der Waals surface area contributed by atoms with Crippen LogP contribution in [-0.2, 0) is 17.6 Å². The van der Waals surface area contributed by atoms with Crippen molar-refractivity contribution in [2.24, 2.45) is 0 Å². The minimum absolute atomic E-state index is 0.141. The molecule has 0 saturated carbocycles. The summed E-state index contributed by atoms with van der Waals surface area (Å²) in [5.41, 5.74) is 6.16. The molecule has 4 aromatic rings. The molecule has 1 N–H and O–H groups in total. The van der Waals surface area contributed by atoms with Crippen molar-refractivity contribution in [3.8, 4) is 11.5 Å². The van der Waals surface area contributed by atoms with Gasteiger partial charge in [-0.15, -0.1) is 0 Å². The lowest BCUT2D eigenvalue weighted by molar-refractivity contribution is -0.118. The van der Waals surface area contributed by atoms with Gasteiger partial charge in [0.25, 0.3) is 5.91 Å². The second-order valence-corrected chi connectivity index (χ2v) is 10.3. The standard InChI is InChI=1S/C34H32N2O4/c1-39-25-18-14-23(15-19-25)32-31(33(37)35-30-13-7-9-22-8-3-4-10-27(22)30)28-11-5-6-12-29(28)34(38)36(32)24-16-20-26(40-2)21-17-24/h5-7,9,11-21,31-32H,3-4,8,10H2,1-2H3,(H,35,37)/t31-,32+/m0/s1. The average Bonchev–Trinajstić information content (AvgIpc) is 3.01. The summed E-state index contributed by atoms with van der Waals surface area (Å²) in [5.74, 6) is 0.460. The molecule has 0 bridgehead atoms. The molecule has 1 aliphatic carbocycles. The summed E-state index contributed by atoms with van der Waals surface area (Å²) < 4.78 is 10.8. The van der Waals surface area contributed by atoms with E-state index in [0.717, 1.165) is 36.1 Å². The number of hydrogen-bond donors (Lipinski definition) is 1. The molecule has 1 heterocycles. The Labute approximate surface area is 234 Å². The normalized spacial score (nSPS) is 17.9. The largest absolute Gasteiger partial charge is 0.497 e. The fourth-order valence-electron chi connectivity index (χ4n) is 6.10. The quantitative estimate of drug-likeness (QED) is 0.300. The predicted octanol–water partition coefficient (Wildman–Crippen LogP) is 6.71. The van der Waals surface area contributed by atoms with E-state index in [0.29, 0.717) is 22.7 Å². The Kier molecular flexibility index (Phi) is 6.99. The first-order valence-electron chi connectivity index (χ1n) is 13.7. The van der Waals surface area contributed by atoms with Crippen LogP contribution in [0.25, 0.3) is 0 Å². The van der Waals surface area contributed by atoms with Gasteiger partial charge in [-0.3, -0.25) is 14.5 Å². The van der Waals surface area contributed by atoms with Gasteiger partial charge in [-0.25, -0.2) is 0 Å². The number of amides is 2. The Bertz CT molecular complexity index is 1550. The van der Waals surface area contributed by atoms with Gasteiger partial charge in [0.15, 0.2) is 0 Å². The second kappa shape index (κ2) is 10.9. The van der Waals surface area contributed by atoms with Crippen LogP contribution >= 0.6 is 0 Å². The Balaban J connectivity index is 1.50. The number of carbonyl (C=O) groups is 2. The van der Waals surface area contributed by atoms with E-state index < -0.39 is 12.0 Å². The fraction of sp³-hybridized carbons (Fsp3) is 0.235. The van der Waals surface area contributed by atoms with Gasteiger partial charge in [0.1, 0.15) is 11.5 Å². The van der Waals surface area contributed by atoms with Crippen molar-refractivity contribution < 1.29 is 19.1 Å². The number of nitrogens with one attached hydrogen (secondary N) is 1. The molecule has 0 saturated heterocycles. The molecular weight excluding hydrogens is 500 g/mol. The number of rotatable bonds is 6. The molecular formula is C34H32N2O4. The highest BCUT2D eigenvalue weighted by Crippen LogP contribution is 2.46. The number of methoxy groups -OCH3 is 2. The molecule has 0 radical (unpaired) electrons. The molecule has 1 aliphatic heterocycles. The Morgan fingerprint density at radius 3 is 2.20 bits per heavy atom. The molecule has 40 heavy (non-hydrogen) atoms. The number of ether oxygens (including phenoxy) is 2. The van der Waals surface area contributed by atoms with E-state index in [9.17, 15) is 9.59 Å². The van der Waals surface area contributed by atoms with Crippen LogP contribution in [-0.4, -0.2) is 26.0 Å². The van der Waals surface area contributed by atoms with Crippen molar-refractivity contribution in [1.29, 1.82) is 0 Å². The van der Waals surface area contributed by atoms with Crippen LogP contribution in [0, 0.1) is 0 Å². The Hall–Kier alpha value is -4.58. The summed E-state index contributed by atoms with van der Waals surface area (Å²) >= 11 is 0. The van der Waals surface area contributed by atoms with Crippen LogP contribution < -0.4 is 19.7 Å². The third kappa shape index (κ3) is 4.60. The highest BCUT2D eigenvalue weighted by Gasteiger charge is 2.45. The van der Waals surface area contributed by atoms with Crippen molar-refractivity contribution in [2.75, 3.05) is 24.4 Å². The van der Waals surface area contributed by atoms with E-state index in [1.807, 2.05) is 84.9 Å². The lowest BCUT2D eigenvalue weighted by Gasteiger charge is -2.42. The maximum atomic E-state index is 14.4. The number of fused-ring (bicyclic) bond motifs is 2. The van der Waals surface area contributed by atoms with Crippen LogP contribution in [0.4, 0.5) is 11.4 Å². The third-order valence-electron chi connectivity index (χ3n) is 8.08. The zero-order chi connectivity index (χ0) is 27.6. The van der Waals surface area contributed by atoms with Crippen LogP contribution in [0.5, 0.6) is 11.5 Å². The zero-order valence-corrected chi connectivity index (χ0v) is 22.7. The Morgan fingerprint density at radius 2 is 1.48 bits per heavy atom. The SMILES string of the molecule is COc1ccc([C@@H]2[C@@H](C(=O)Nc3cccc4c3CCCC4)c3ccccc3C(=O)N2c2ccc(OC)cc2)cc1. The van der Waals surface area contributed by atoms with Crippen molar-refractivity contribution in [1.82, 2.24) is 0 Å². The van der Waals surface area contributed by atoms with Gasteiger partial charge < -0.3 is 14.8 Å². The third-order valence-corrected chi connectivity index (χ3v) is 8.08. The fourth-order valence-corrected chi connectivity index (χ4v) is 6.10. The summed E-state index contributed by atoms with van der Waals surface area (Å²) in [7, 11) is 3.23. The van der Waals surface area contributed by atoms with Crippen LogP contribution in [0.2, 0.25) is 0 Å². The predicted molar refractivity (Wildman–Crippen MR) is 156 cm³/mol. The molecule has 0 unspecified atom stereocenters. The molecule has 6 heteroatoms. The molecule has 0 spiro atoms. The number of carbonyl (C=O) groups excluding carboxylic acids is 2. The van der Waals surface area contributed by atoms with E-state index in [-0.39, 0.29) is 11.8 Å². The van der Waals surface area contributed by atoms with E-state index in [1.54, 1.807) is 19.1 Å². The summed E-state index contributed by atoms with van der Waals surface area (Å²) in [4.78, 5) is 30.3. The molecule has 6 nitrogen and oxygen atoms in total.